The summed E-state index contributed by atoms with van der Waals surface area (Å²) in [5.74, 6) is -0.00481. The molecule has 1 atom stereocenters. The van der Waals surface area contributed by atoms with E-state index in [1.54, 1.807) is 4.90 Å². The molecule has 108 valence electrons. The summed E-state index contributed by atoms with van der Waals surface area (Å²) < 4.78 is 4.73. The Balaban J connectivity index is 1.89. The Labute approximate surface area is 114 Å². The number of hydrogen-bond acceptors (Lipinski definition) is 3. The zero-order chi connectivity index (χ0) is 13.7. The molecule has 1 N–H and O–H groups in total. The molecular weight excluding hydrogens is 244 g/mol. The number of hydrogen-bond donors (Lipinski definition) is 1. The van der Waals surface area contributed by atoms with Gasteiger partial charge in [-0.15, -0.1) is 0 Å². The number of methoxy groups -OCH3 is 1. The van der Waals surface area contributed by atoms with Gasteiger partial charge in [0.05, 0.1) is 7.11 Å². The number of carbonyl (C=O) groups is 2. The van der Waals surface area contributed by atoms with Crippen molar-refractivity contribution in [1.82, 2.24) is 10.2 Å². The molecular formula is C14H24N2O3. The van der Waals surface area contributed by atoms with Gasteiger partial charge in [-0.1, -0.05) is 25.7 Å². The van der Waals surface area contributed by atoms with Gasteiger partial charge in [0, 0.05) is 12.6 Å². The van der Waals surface area contributed by atoms with E-state index in [2.05, 4.69) is 5.32 Å². The predicted octanol–water partition coefficient (Wildman–Crippen LogP) is 2.06. The second-order valence-corrected chi connectivity index (χ2v) is 5.52. The summed E-state index contributed by atoms with van der Waals surface area (Å²) in [6.45, 7) is 0.620. The molecule has 1 heterocycles. The fourth-order valence-electron chi connectivity index (χ4n) is 3.10. The first kappa shape index (κ1) is 14.2. The first-order valence-electron chi connectivity index (χ1n) is 7.37. The second kappa shape index (κ2) is 6.78. The van der Waals surface area contributed by atoms with Gasteiger partial charge < -0.3 is 10.1 Å². The van der Waals surface area contributed by atoms with E-state index < -0.39 is 6.09 Å². The van der Waals surface area contributed by atoms with E-state index in [0.717, 1.165) is 25.7 Å². The molecule has 0 bridgehead atoms. The summed E-state index contributed by atoms with van der Waals surface area (Å²) in [6.07, 6.45) is 8.28. The van der Waals surface area contributed by atoms with Crippen LogP contribution in [0.4, 0.5) is 4.79 Å². The van der Waals surface area contributed by atoms with E-state index in [1.165, 1.54) is 32.8 Å². The summed E-state index contributed by atoms with van der Waals surface area (Å²) >= 11 is 0. The van der Waals surface area contributed by atoms with Gasteiger partial charge in [0.2, 0.25) is 5.91 Å². The molecule has 0 aromatic carbocycles. The molecule has 2 rings (SSSR count). The third-order valence-electron chi connectivity index (χ3n) is 4.17. The molecule has 5 heteroatoms. The second-order valence-electron chi connectivity index (χ2n) is 5.52. The van der Waals surface area contributed by atoms with Crippen molar-refractivity contribution in [3.05, 3.63) is 0 Å². The molecule has 0 aromatic rings. The van der Waals surface area contributed by atoms with Crippen LogP contribution in [-0.2, 0) is 9.53 Å². The van der Waals surface area contributed by atoms with Crippen molar-refractivity contribution in [2.75, 3.05) is 13.7 Å². The largest absolute Gasteiger partial charge is 0.453 e. The minimum atomic E-state index is -0.390. The van der Waals surface area contributed by atoms with Crippen LogP contribution < -0.4 is 5.32 Å². The van der Waals surface area contributed by atoms with E-state index in [4.69, 9.17) is 4.74 Å². The highest BCUT2D eigenvalue weighted by Gasteiger charge is 2.35. The van der Waals surface area contributed by atoms with Gasteiger partial charge in [0.25, 0.3) is 0 Å². The fourth-order valence-corrected chi connectivity index (χ4v) is 3.10. The number of rotatable bonds is 2. The van der Waals surface area contributed by atoms with Gasteiger partial charge in [0.15, 0.2) is 0 Å². The molecule has 2 fully saturated rings. The molecule has 0 aromatic heterocycles. The summed E-state index contributed by atoms with van der Waals surface area (Å²) in [5, 5.41) is 3.12. The van der Waals surface area contributed by atoms with Crippen molar-refractivity contribution in [2.45, 2.75) is 63.5 Å². The van der Waals surface area contributed by atoms with Gasteiger partial charge in [-0.25, -0.2) is 4.79 Å². The Bertz CT molecular complexity index is 325. The van der Waals surface area contributed by atoms with Crippen LogP contribution >= 0.6 is 0 Å². The standard InChI is InChI=1S/C14H24N2O3/c1-19-14(18)16-10-6-9-12(16)13(17)15-11-7-4-2-3-5-8-11/h11-12H,2-10H2,1H3,(H,15,17). The van der Waals surface area contributed by atoms with Crippen LogP contribution in [0.2, 0.25) is 0 Å². The molecule has 0 radical (unpaired) electrons. The lowest BCUT2D eigenvalue weighted by Gasteiger charge is -2.25. The molecule has 1 aliphatic heterocycles. The molecule has 0 spiro atoms. The SMILES string of the molecule is COC(=O)N1CCCC1C(=O)NC1CCCCCC1. The molecule has 5 nitrogen and oxygen atoms in total. The summed E-state index contributed by atoms with van der Waals surface area (Å²) in [4.78, 5) is 25.4. The van der Waals surface area contributed by atoms with Crippen LogP contribution in [0.5, 0.6) is 0 Å². The average molecular weight is 268 g/mol. The lowest BCUT2D eigenvalue weighted by Crippen LogP contribution is -2.48. The van der Waals surface area contributed by atoms with E-state index in [9.17, 15) is 9.59 Å². The summed E-state index contributed by atoms with van der Waals surface area (Å²) in [7, 11) is 1.36. The van der Waals surface area contributed by atoms with Gasteiger partial charge in [0.1, 0.15) is 6.04 Å². The van der Waals surface area contributed by atoms with Crippen LogP contribution in [0.15, 0.2) is 0 Å². The van der Waals surface area contributed by atoms with E-state index in [-0.39, 0.29) is 18.0 Å². The maximum Gasteiger partial charge on any atom is 0.410 e. The number of likely N-dealkylation sites (tertiary alicyclic amines) is 1. The highest BCUT2D eigenvalue weighted by molar-refractivity contribution is 5.86. The first-order chi connectivity index (χ1) is 9.22. The van der Waals surface area contributed by atoms with Crippen LogP contribution in [0.25, 0.3) is 0 Å². The number of amides is 2. The zero-order valence-corrected chi connectivity index (χ0v) is 11.7. The third-order valence-corrected chi connectivity index (χ3v) is 4.17. The highest BCUT2D eigenvalue weighted by atomic mass is 16.5. The van der Waals surface area contributed by atoms with E-state index >= 15 is 0 Å². The number of nitrogens with zero attached hydrogens (tertiary/aromatic N) is 1. The van der Waals surface area contributed by atoms with Crippen LogP contribution in [0.1, 0.15) is 51.4 Å². The Morgan fingerprint density at radius 1 is 1.05 bits per heavy atom. The highest BCUT2D eigenvalue weighted by Crippen LogP contribution is 2.21. The maximum absolute atomic E-state index is 12.3. The average Bonchev–Trinajstić information content (AvgIpc) is 2.77. The Kier molecular flexibility index (Phi) is 5.05. The van der Waals surface area contributed by atoms with Crippen molar-refractivity contribution in [2.24, 2.45) is 0 Å². The first-order valence-corrected chi connectivity index (χ1v) is 7.37. The van der Waals surface area contributed by atoms with Crippen molar-refractivity contribution in [1.29, 1.82) is 0 Å². The summed E-state index contributed by atoms with van der Waals surface area (Å²) in [5.41, 5.74) is 0. The summed E-state index contributed by atoms with van der Waals surface area (Å²) in [6, 6.07) is -0.0502. The van der Waals surface area contributed by atoms with Crippen molar-refractivity contribution >= 4 is 12.0 Å². The topological polar surface area (TPSA) is 58.6 Å². The Morgan fingerprint density at radius 3 is 2.37 bits per heavy atom. The van der Waals surface area contributed by atoms with Crippen LogP contribution in [0.3, 0.4) is 0 Å². The Morgan fingerprint density at radius 2 is 1.74 bits per heavy atom. The molecule has 2 aliphatic rings. The monoisotopic (exact) mass is 268 g/mol. The molecule has 1 unspecified atom stereocenters. The van der Waals surface area contributed by atoms with Gasteiger partial charge in [-0.2, -0.15) is 0 Å². The fraction of sp³-hybridized carbons (Fsp3) is 0.857. The Hall–Kier alpha value is -1.26. The molecule has 19 heavy (non-hydrogen) atoms. The van der Waals surface area contributed by atoms with Gasteiger partial charge in [-0.05, 0) is 25.7 Å². The van der Waals surface area contributed by atoms with Gasteiger partial charge in [-0.3, -0.25) is 9.69 Å². The molecule has 1 aliphatic carbocycles. The molecule has 2 amide bonds. The van der Waals surface area contributed by atoms with Crippen molar-refractivity contribution in [3.63, 3.8) is 0 Å². The number of nitrogens with one attached hydrogen (secondary N) is 1. The lowest BCUT2D eigenvalue weighted by molar-refractivity contribution is -0.125. The van der Waals surface area contributed by atoms with E-state index in [1.807, 2.05) is 0 Å². The molecule has 1 saturated heterocycles. The van der Waals surface area contributed by atoms with Crippen molar-refractivity contribution in [3.8, 4) is 0 Å². The third kappa shape index (κ3) is 3.61. The van der Waals surface area contributed by atoms with Crippen molar-refractivity contribution < 1.29 is 14.3 Å². The number of ether oxygens (including phenoxy) is 1. The normalized spacial score (nSPS) is 24.9. The minimum absolute atomic E-state index is 0.00481. The molecule has 1 saturated carbocycles. The lowest BCUT2D eigenvalue weighted by atomic mass is 10.1. The smallest absolute Gasteiger partial charge is 0.410 e. The van der Waals surface area contributed by atoms with Crippen LogP contribution in [-0.4, -0.2) is 42.6 Å². The zero-order valence-electron chi connectivity index (χ0n) is 11.7. The van der Waals surface area contributed by atoms with Crippen LogP contribution in [0, 0.1) is 0 Å². The van der Waals surface area contributed by atoms with E-state index in [0.29, 0.717) is 6.54 Å². The van der Waals surface area contributed by atoms with Gasteiger partial charge >= 0.3 is 6.09 Å². The minimum Gasteiger partial charge on any atom is -0.453 e. The quantitative estimate of drug-likeness (QED) is 0.780. The maximum atomic E-state index is 12.3. The number of carbonyl (C=O) groups excluding carboxylic acids is 2. The predicted molar refractivity (Wildman–Crippen MR) is 71.8 cm³/mol.